The van der Waals surface area contributed by atoms with Gasteiger partial charge in [-0.15, -0.1) is 0 Å². The standard InChI is InChI=1S/C16H13BrO2/c17-10-9-13-7-4-8-15(11-13)16(18)19-12-14-5-2-1-3-6-14/h1-11H,12H2. The average Bonchev–Trinajstić information content (AvgIpc) is 2.46. The molecule has 19 heavy (non-hydrogen) atoms. The van der Waals surface area contributed by atoms with Gasteiger partial charge in [0.05, 0.1) is 5.56 Å². The van der Waals surface area contributed by atoms with Crippen LogP contribution in [0.15, 0.2) is 59.6 Å². The van der Waals surface area contributed by atoms with Crippen LogP contribution >= 0.6 is 15.9 Å². The van der Waals surface area contributed by atoms with Crippen LogP contribution in [0.2, 0.25) is 0 Å². The molecule has 0 bridgehead atoms. The van der Waals surface area contributed by atoms with Crippen LogP contribution in [-0.2, 0) is 11.3 Å². The highest BCUT2D eigenvalue weighted by molar-refractivity contribution is 9.11. The van der Waals surface area contributed by atoms with Gasteiger partial charge in [0.15, 0.2) is 0 Å². The smallest absolute Gasteiger partial charge is 0.338 e. The van der Waals surface area contributed by atoms with Gasteiger partial charge in [-0.05, 0) is 34.3 Å². The quantitative estimate of drug-likeness (QED) is 0.781. The van der Waals surface area contributed by atoms with Crippen LogP contribution in [0.5, 0.6) is 0 Å². The first kappa shape index (κ1) is 13.6. The third-order valence-electron chi connectivity index (χ3n) is 2.59. The number of ether oxygens (including phenoxy) is 1. The van der Waals surface area contributed by atoms with Gasteiger partial charge in [0, 0.05) is 0 Å². The fourth-order valence-corrected chi connectivity index (χ4v) is 1.95. The minimum atomic E-state index is -0.311. The van der Waals surface area contributed by atoms with Gasteiger partial charge >= 0.3 is 5.97 Å². The Morgan fingerprint density at radius 1 is 1.11 bits per heavy atom. The molecule has 0 spiro atoms. The zero-order valence-corrected chi connectivity index (χ0v) is 11.8. The van der Waals surface area contributed by atoms with E-state index >= 15 is 0 Å². The molecule has 2 aromatic carbocycles. The highest BCUT2D eigenvalue weighted by atomic mass is 79.9. The van der Waals surface area contributed by atoms with Crippen molar-refractivity contribution in [1.82, 2.24) is 0 Å². The Morgan fingerprint density at radius 3 is 2.63 bits per heavy atom. The van der Waals surface area contributed by atoms with Gasteiger partial charge in [-0.3, -0.25) is 0 Å². The lowest BCUT2D eigenvalue weighted by Gasteiger charge is -2.05. The lowest BCUT2D eigenvalue weighted by atomic mass is 10.1. The van der Waals surface area contributed by atoms with Crippen LogP contribution in [0.4, 0.5) is 0 Å². The minimum Gasteiger partial charge on any atom is -0.457 e. The third-order valence-corrected chi connectivity index (χ3v) is 2.85. The van der Waals surface area contributed by atoms with Gasteiger partial charge in [-0.25, -0.2) is 4.79 Å². The van der Waals surface area contributed by atoms with Crippen molar-refractivity contribution in [1.29, 1.82) is 0 Å². The second kappa shape index (κ2) is 6.90. The minimum absolute atomic E-state index is 0.290. The number of carbonyl (C=O) groups is 1. The number of esters is 1. The van der Waals surface area contributed by atoms with Crippen molar-refractivity contribution in [3.8, 4) is 0 Å². The number of benzene rings is 2. The first-order chi connectivity index (χ1) is 9.29. The van der Waals surface area contributed by atoms with Crippen LogP contribution in [0, 0.1) is 0 Å². The van der Waals surface area contributed by atoms with Gasteiger partial charge in [0.1, 0.15) is 6.61 Å². The van der Waals surface area contributed by atoms with Crippen molar-refractivity contribution in [2.45, 2.75) is 6.61 Å². The van der Waals surface area contributed by atoms with E-state index < -0.39 is 0 Å². The molecule has 96 valence electrons. The van der Waals surface area contributed by atoms with E-state index in [1.54, 1.807) is 17.1 Å². The van der Waals surface area contributed by atoms with E-state index in [2.05, 4.69) is 15.9 Å². The second-order valence-electron chi connectivity index (χ2n) is 3.98. The highest BCUT2D eigenvalue weighted by Crippen LogP contribution is 2.11. The predicted molar refractivity (Wildman–Crippen MR) is 80.0 cm³/mol. The molecule has 0 radical (unpaired) electrons. The molecule has 2 rings (SSSR count). The Hall–Kier alpha value is -1.87. The largest absolute Gasteiger partial charge is 0.457 e. The molecule has 2 nitrogen and oxygen atoms in total. The molecule has 0 N–H and O–H groups in total. The van der Waals surface area contributed by atoms with Crippen molar-refractivity contribution in [2.24, 2.45) is 0 Å². The topological polar surface area (TPSA) is 26.3 Å². The van der Waals surface area contributed by atoms with Crippen LogP contribution in [-0.4, -0.2) is 5.97 Å². The van der Waals surface area contributed by atoms with Crippen LogP contribution in [0.25, 0.3) is 6.08 Å². The van der Waals surface area contributed by atoms with Gasteiger partial charge in [-0.2, -0.15) is 0 Å². The highest BCUT2D eigenvalue weighted by Gasteiger charge is 2.07. The number of halogens is 1. The van der Waals surface area contributed by atoms with Gasteiger partial charge in [0.2, 0.25) is 0 Å². The maximum Gasteiger partial charge on any atom is 0.338 e. The Labute approximate surface area is 120 Å². The molecule has 0 amide bonds. The molecule has 0 fully saturated rings. The summed E-state index contributed by atoms with van der Waals surface area (Å²) in [6.45, 7) is 0.290. The first-order valence-corrected chi connectivity index (χ1v) is 6.79. The second-order valence-corrected chi connectivity index (χ2v) is 4.51. The summed E-state index contributed by atoms with van der Waals surface area (Å²) in [6.07, 6.45) is 1.87. The van der Waals surface area contributed by atoms with Crippen LogP contribution in [0.1, 0.15) is 21.5 Å². The summed E-state index contributed by atoms with van der Waals surface area (Å²) in [5.41, 5.74) is 2.48. The molecule has 0 aliphatic rings. The molecule has 0 atom stereocenters. The summed E-state index contributed by atoms with van der Waals surface area (Å²) in [4.78, 5) is 13.7. The summed E-state index contributed by atoms with van der Waals surface area (Å²) in [6, 6.07) is 16.9. The average molecular weight is 317 g/mol. The first-order valence-electron chi connectivity index (χ1n) is 5.87. The summed E-state index contributed by atoms with van der Waals surface area (Å²) in [5, 5.41) is 0. The number of rotatable bonds is 4. The van der Waals surface area contributed by atoms with E-state index in [4.69, 9.17) is 4.74 Å². The van der Waals surface area contributed by atoms with Crippen molar-refractivity contribution >= 4 is 28.0 Å². The Kier molecular flexibility index (Phi) is 4.93. The van der Waals surface area contributed by atoms with Gasteiger partial charge in [-0.1, -0.05) is 58.4 Å². The maximum atomic E-state index is 11.9. The number of hydrogen-bond acceptors (Lipinski definition) is 2. The van der Waals surface area contributed by atoms with Crippen molar-refractivity contribution < 1.29 is 9.53 Å². The summed E-state index contributed by atoms with van der Waals surface area (Å²) < 4.78 is 5.27. The van der Waals surface area contributed by atoms with E-state index in [9.17, 15) is 4.79 Å². The molecular weight excluding hydrogens is 304 g/mol. The summed E-state index contributed by atoms with van der Waals surface area (Å²) in [7, 11) is 0. The molecule has 0 saturated carbocycles. The van der Waals surface area contributed by atoms with E-state index in [0.717, 1.165) is 11.1 Å². The lowest BCUT2D eigenvalue weighted by molar-refractivity contribution is 0.0472. The number of hydrogen-bond donors (Lipinski definition) is 0. The Balaban J connectivity index is 2.02. The Morgan fingerprint density at radius 2 is 1.89 bits per heavy atom. The predicted octanol–water partition coefficient (Wildman–Crippen LogP) is 4.41. The molecule has 0 aliphatic carbocycles. The molecule has 0 aromatic heterocycles. The Bertz CT molecular complexity index is 576. The van der Waals surface area contributed by atoms with Crippen molar-refractivity contribution in [3.63, 3.8) is 0 Å². The van der Waals surface area contributed by atoms with E-state index in [-0.39, 0.29) is 12.6 Å². The summed E-state index contributed by atoms with van der Waals surface area (Å²) in [5.74, 6) is -0.311. The van der Waals surface area contributed by atoms with E-state index in [1.165, 1.54) is 0 Å². The molecule has 0 aliphatic heterocycles. The fourth-order valence-electron chi connectivity index (χ4n) is 1.65. The van der Waals surface area contributed by atoms with E-state index in [1.807, 2.05) is 48.5 Å². The molecule has 0 saturated heterocycles. The van der Waals surface area contributed by atoms with Crippen molar-refractivity contribution in [3.05, 3.63) is 76.3 Å². The molecule has 2 aromatic rings. The fraction of sp³-hybridized carbons (Fsp3) is 0.0625. The summed E-state index contributed by atoms with van der Waals surface area (Å²) >= 11 is 3.21. The van der Waals surface area contributed by atoms with Crippen LogP contribution in [0.3, 0.4) is 0 Å². The lowest BCUT2D eigenvalue weighted by Crippen LogP contribution is -2.05. The van der Waals surface area contributed by atoms with E-state index in [0.29, 0.717) is 5.56 Å². The molecule has 0 unspecified atom stereocenters. The van der Waals surface area contributed by atoms with Gasteiger partial charge < -0.3 is 4.74 Å². The molecule has 0 heterocycles. The normalized spacial score (nSPS) is 10.6. The van der Waals surface area contributed by atoms with Crippen molar-refractivity contribution in [2.75, 3.05) is 0 Å². The monoisotopic (exact) mass is 316 g/mol. The van der Waals surface area contributed by atoms with Crippen LogP contribution < -0.4 is 0 Å². The molecule has 3 heteroatoms. The SMILES string of the molecule is O=C(OCc1ccccc1)c1cccc(C=CBr)c1. The third kappa shape index (κ3) is 4.07. The number of carbonyl (C=O) groups excluding carboxylic acids is 1. The zero-order valence-electron chi connectivity index (χ0n) is 10.3. The molecular formula is C16H13BrO2. The zero-order chi connectivity index (χ0) is 13.5. The maximum absolute atomic E-state index is 11.9. The van der Waals surface area contributed by atoms with Gasteiger partial charge in [0.25, 0.3) is 0 Å².